The molecule has 1 heterocycles. The fraction of sp³-hybridized carbons (Fsp3) is 0.765. The molecule has 3 heteroatoms. The zero-order valence-electron chi connectivity index (χ0n) is 14.0. The highest BCUT2D eigenvalue weighted by Gasteiger charge is 2.48. The highest BCUT2D eigenvalue weighted by Crippen LogP contribution is 2.44. The minimum atomic E-state index is -1.89. The van der Waals surface area contributed by atoms with Crippen molar-refractivity contribution in [3.05, 3.63) is 17.4 Å². The van der Waals surface area contributed by atoms with Crippen LogP contribution in [0.3, 0.4) is 0 Å². The third-order valence-electron chi connectivity index (χ3n) is 5.04. The minimum Gasteiger partial charge on any atom is -0.518 e. The SMILES string of the molecule is CC(C)[Si](Oc1occ2c1CCCC2)(C(C)C)C(C)C. The van der Waals surface area contributed by atoms with Crippen molar-refractivity contribution in [1.82, 2.24) is 0 Å². The van der Waals surface area contributed by atoms with Crippen molar-refractivity contribution < 1.29 is 8.84 Å². The molecule has 114 valence electrons. The maximum Gasteiger partial charge on any atom is 0.274 e. The van der Waals surface area contributed by atoms with Gasteiger partial charge in [-0.3, -0.25) is 0 Å². The lowest BCUT2D eigenvalue weighted by atomic mass is 9.96. The van der Waals surface area contributed by atoms with Gasteiger partial charge >= 0.3 is 0 Å². The standard InChI is InChI=1S/C17H30O2Si/c1-12(2)20(13(3)4,14(5)6)19-17-16-10-8-7-9-15(16)11-18-17/h11-14H,7-10H2,1-6H3. The Hall–Kier alpha value is -0.703. The lowest BCUT2D eigenvalue weighted by molar-refractivity contribution is 0.354. The molecule has 0 fully saturated rings. The molecule has 0 saturated heterocycles. The van der Waals surface area contributed by atoms with Crippen molar-refractivity contribution in [1.29, 1.82) is 0 Å². The Kier molecular flexibility index (Phi) is 4.68. The molecule has 20 heavy (non-hydrogen) atoms. The van der Waals surface area contributed by atoms with E-state index in [9.17, 15) is 0 Å². The molecule has 0 aliphatic heterocycles. The molecule has 0 spiro atoms. The number of furan rings is 1. The number of fused-ring (bicyclic) bond motifs is 1. The topological polar surface area (TPSA) is 22.4 Å². The third-order valence-corrected chi connectivity index (χ3v) is 11.0. The van der Waals surface area contributed by atoms with Gasteiger partial charge in [0.2, 0.25) is 0 Å². The smallest absolute Gasteiger partial charge is 0.274 e. The molecule has 0 saturated carbocycles. The molecule has 1 aliphatic rings. The molecule has 1 aromatic heterocycles. The Balaban J connectivity index is 2.35. The summed E-state index contributed by atoms with van der Waals surface area (Å²) in [5.74, 6) is 0.850. The summed E-state index contributed by atoms with van der Waals surface area (Å²) in [6.07, 6.45) is 6.77. The van der Waals surface area contributed by atoms with Gasteiger partial charge in [0.15, 0.2) is 0 Å². The molecule has 2 rings (SSSR count). The Labute approximate surface area is 125 Å². The summed E-state index contributed by atoms with van der Waals surface area (Å²) >= 11 is 0. The fourth-order valence-corrected chi connectivity index (χ4v) is 9.29. The van der Waals surface area contributed by atoms with E-state index >= 15 is 0 Å². The van der Waals surface area contributed by atoms with Crippen LogP contribution < -0.4 is 4.43 Å². The van der Waals surface area contributed by atoms with Crippen LogP contribution in [0.2, 0.25) is 16.6 Å². The van der Waals surface area contributed by atoms with Crippen LogP contribution in [0.15, 0.2) is 10.7 Å². The molecule has 0 amide bonds. The molecule has 0 aromatic carbocycles. The Morgan fingerprint density at radius 3 is 2.05 bits per heavy atom. The van der Waals surface area contributed by atoms with Crippen LogP contribution in [0.1, 0.15) is 65.5 Å². The van der Waals surface area contributed by atoms with Gasteiger partial charge in [0.25, 0.3) is 14.3 Å². The molecular weight excluding hydrogens is 264 g/mol. The largest absolute Gasteiger partial charge is 0.518 e. The highest BCUT2D eigenvalue weighted by molar-refractivity contribution is 6.78. The average Bonchev–Trinajstić information content (AvgIpc) is 2.77. The van der Waals surface area contributed by atoms with Crippen molar-refractivity contribution >= 4 is 8.32 Å². The summed E-state index contributed by atoms with van der Waals surface area (Å²) in [6, 6.07) is 0. The van der Waals surface area contributed by atoms with Gasteiger partial charge in [0, 0.05) is 5.56 Å². The van der Waals surface area contributed by atoms with E-state index < -0.39 is 8.32 Å². The number of rotatable bonds is 5. The minimum absolute atomic E-state index is 0.590. The first-order valence-electron chi connectivity index (χ1n) is 8.17. The molecule has 2 nitrogen and oxygen atoms in total. The van der Waals surface area contributed by atoms with Crippen LogP contribution >= 0.6 is 0 Å². The molecule has 0 N–H and O–H groups in total. The monoisotopic (exact) mass is 294 g/mol. The Morgan fingerprint density at radius 2 is 1.50 bits per heavy atom. The van der Waals surface area contributed by atoms with E-state index in [1.165, 1.54) is 24.0 Å². The molecule has 0 unspecified atom stereocenters. The average molecular weight is 295 g/mol. The van der Waals surface area contributed by atoms with Gasteiger partial charge < -0.3 is 8.84 Å². The first-order valence-corrected chi connectivity index (χ1v) is 10.3. The van der Waals surface area contributed by atoms with Gasteiger partial charge in [-0.25, -0.2) is 0 Å². The molecular formula is C17H30O2Si. The zero-order valence-corrected chi connectivity index (χ0v) is 15.0. The first kappa shape index (κ1) is 15.7. The summed E-state index contributed by atoms with van der Waals surface area (Å²) in [6.45, 7) is 13.9. The maximum absolute atomic E-state index is 6.70. The predicted octanol–water partition coefficient (Wildman–Crippen LogP) is 5.71. The molecule has 0 radical (unpaired) electrons. The van der Waals surface area contributed by atoms with Crippen molar-refractivity contribution in [3.8, 4) is 5.95 Å². The van der Waals surface area contributed by atoms with Crippen LogP contribution in [0.25, 0.3) is 0 Å². The Bertz CT molecular complexity index is 424. The highest BCUT2D eigenvalue weighted by atomic mass is 28.4. The van der Waals surface area contributed by atoms with Gasteiger partial charge in [0.05, 0.1) is 6.26 Å². The second kappa shape index (κ2) is 5.96. The van der Waals surface area contributed by atoms with Gasteiger partial charge in [0.1, 0.15) is 0 Å². The summed E-state index contributed by atoms with van der Waals surface area (Å²) in [7, 11) is -1.89. The summed E-state index contributed by atoms with van der Waals surface area (Å²) in [4.78, 5) is 0. The lowest BCUT2D eigenvalue weighted by Gasteiger charge is -2.41. The van der Waals surface area contributed by atoms with E-state index in [-0.39, 0.29) is 0 Å². The van der Waals surface area contributed by atoms with Crippen LogP contribution in [-0.2, 0) is 12.8 Å². The normalized spacial score (nSPS) is 16.1. The zero-order chi connectivity index (χ0) is 14.9. The number of aryl methyl sites for hydroxylation is 1. The van der Waals surface area contributed by atoms with Crippen LogP contribution in [0.5, 0.6) is 5.95 Å². The van der Waals surface area contributed by atoms with Crippen LogP contribution in [0, 0.1) is 0 Å². The van der Waals surface area contributed by atoms with E-state index in [0.717, 1.165) is 18.8 Å². The van der Waals surface area contributed by atoms with Crippen LogP contribution in [-0.4, -0.2) is 8.32 Å². The van der Waals surface area contributed by atoms with Gasteiger partial charge in [-0.2, -0.15) is 0 Å². The van der Waals surface area contributed by atoms with E-state index in [0.29, 0.717) is 16.6 Å². The molecule has 0 bridgehead atoms. The molecule has 1 aromatic rings. The number of hydrogen-bond donors (Lipinski definition) is 0. The quantitative estimate of drug-likeness (QED) is 0.649. The van der Waals surface area contributed by atoms with Crippen molar-refractivity contribution in [2.45, 2.75) is 83.8 Å². The number of hydrogen-bond acceptors (Lipinski definition) is 2. The van der Waals surface area contributed by atoms with Gasteiger partial charge in [-0.05, 0) is 47.9 Å². The van der Waals surface area contributed by atoms with E-state index in [1.807, 2.05) is 6.26 Å². The van der Waals surface area contributed by atoms with Crippen molar-refractivity contribution in [2.75, 3.05) is 0 Å². The third kappa shape index (κ3) is 2.57. The van der Waals surface area contributed by atoms with E-state index in [1.54, 1.807) is 0 Å². The van der Waals surface area contributed by atoms with Crippen molar-refractivity contribution in [3.63, 3.8) is 0 Å². The van der Waals surface area contributed by atoms with Gasteiger partial charge in [-0.1, -0.05) is 41.5 Å². The van der Waals surface area contributed by atoms with E-state index in [4.69, 9.17) is 8.84 Å². The van der Waals surface area contributed by atoms with Crippen LogP contribution in [0.4, 0.5) is 0 Å². The Morgan fingerprint density at radius 1 is 0.950 bits per heavy atom. The summed E-state index contributed by atoms with van der Waals surface area (Å²) in [5, 5.41) is 0. The second-order valence-electron chi connectivity index (χ2n) is 7.15. The summed E-state index contributed by atoms with van der Waals surface area (Å²) in [5.41, 5.74) is 4.51. The molecule has 0 atom stereocenters. The summed E-state index contributed by atoms with van der Waals surface area (Å²) < 4.78 is 12.5. The van der Waals surface area contributed by atoms with Gasteiger partial charge in [-0.15, -0.1) is 0 Å². The second-order valence-corrected chi connectivity index (χ2v) is 12.5. The van der Waals surface area contributed by atoms with E-state index in [2.05, 4.69) is 41.5 Å². The fourth-order valence-electron chi connectivity index (χ4n) is 4.09. The lowest BCUT2D eigenvalue weighted by Crippen LogP contribution is -2.50. The maximum atomic E-state index is 6.70. The predicted molar refractivity (Wildman–Crippen MR) is 87.0 cm³/mol. The first-order chi connectivity index (χ1) is 9.39. The van der Waals surface area contributed by atoms with Crippen molar-refractivity contribution in [2.24, 2.45) is 0 Å². The molecule has 1 aliphatic carbocycles.